The summed E-state index contributed by atoms with van der Waals surface area (Å²) >= 11 is 0. The fourth-order valence-corrected chi connectivity index (χ4v) is 4.93. The first-order valence-corrected chi connectivity index (χ1v) is 16.3. The lowest BCUT2D eigenvalue weighted by Gasteiger charge is -2.32. The largest absolute Gasteiger partial charge is 0.391 e. The van der Waals surface area contributed by atoms with Crippen LogP contribution in [0.3, 0.4) is 0 Å². The molecular weight excluding hydrogens is 474 g/mol. The average molecular weight is 538 g/mol. The number of unbranched alkanes of at least 4 members (excludes halogenated alkanes) is 20. The molecule has 1 atom stereocenters. The number of ether oxygens (including phenoxy) is 1. The number of carbonyl (C=O) groups is 3. The van der Waals surface area contributed by atoms with Crippen molar-refractivity contribution in [2.75, 3.05) is 14.1 Å². The van der Waals surface area contributed by atoms with E-state index in [1.54, 1.807) is 25.9 Å². The van der Waals surface area contributed by atoms with Gasteiger partial charge in [-0.3, -0.25) is 14.5 Å². The SMILES string of the molecule is CCCCCCCCCCCCCC(=O)OC(=O)[C@@](C)(C(=O)CCCCCCCCCCCCC)N(C)C. The second kappa shape index (κ2) is 24.8. The molecule has 0 radical (unpaired) electrons. The lowest BCUT2D eigenvalue weighted by molar-refractivity contribution is -0.169. The minimum Gasteiger partial charge on any atom is -0.391 e. The highest BCUT2D eigenvalue weighted by molar-refractivity contribution is 6.10. The van der Waals surface area contributed by atoms with Gasteiger partial charge in [0.25, 0.3) is 0 Å². The van der Waals surface area contributed by atoms with E-state index in [-0.39, 0.29) is 12.2 Å². The highest BCUT2D eigenvalue weighted by Gasteiger charge is 2.45. The lowest BCUT2D eigenvalue weighted by Crippen LogP contribution is -2.56. The summed E-state index contributed by atoms with van der Waals surface area (Å²) in [7, 11) is 3.40. The molecular formula is C33H63NO4. The van der Waals surface area contributed by atoms with Crippen molar-refractivity contribution in [3.05, 3.63) is 0 Å². The van der Waals surface area contributed by atoms with Crippen LogP contribution in [0.4, 0.5) is 0 Å². The van der Waals surface area contributed by atoms with Gasteiger partial charge in [-0.1, -0.05) is 142 Å². The second-order valence-electron chi connectivity index (χ2n) is 11.7. The maximum absolute atomic E-state index is 13.0. The van der Waals surface area contributed by atoms with Gasteiger partial charge in [-0.05, 0) is 33.9 Å². The van der Waals surface area contributed by atoms with Crippen LogP contribution < -0.4 is 0 Å². The molecule has 0 bridgehead atoms. The highest BCUT2D eigenvalue weighted by atomic mass is 16.6. The fourth-order valence-electron chi connectivity index (χ4n) is 4.93. The predicted octanol–water partition coefficient (Wildman–Crippen LogP) is 9.35. The minimum atomic E-state index is -1.41. The van der Waals surface area contributed by atoms with Crippen LogP contribution in [0.25, 0.3) is 0 Å². The normalized spacial score (nSPS) is 13.0. The summed E-state index contributed by atoms with van der Waals surface area (Å²) in [5.41, 5.74) is -1.41. The monoisotopic (exact) mass is 537 g/mol. The van der Waals surface area contributed by atoms with Crippen LogP contribution in [0.1, 0.15) is 175 Å². The summed E-state index contributed by atoms with van der Waals surface area (Å²) < 4.78 is 5.16. The molecule has 0 aromatic rings. The van der Waals surface area contributed by atoms with Crippen molar-refractivity contribution in [2.45, 2.75) is 180 Å². The standard InChI is InChI=1S/C33H63NO4/c1-6-8-10-12-14-16-18-20-22-24-26-28-30(35)33(3,34(4)5)32(37)38-31(36)29-27-25-23-21-19-17-15-13-11-9-7-2/h6-29H2,1-5H3/t33-/m1/s1. The van der Waals surface area contributed by atoms with E-state index in [0.717, 1.165) is 38.5 Å². The Balaban J connectivity index is 4.08. The summed E-state index contributed by atoms with van der Waals surface area (Å²) in [5, 5.41) is 0. The third-order valence-electron chi connectivity index (χ3n) is 8.03. The van der Waals surface area contributed by atoms with Gasteiger partial charge in [-0.15, -0.1) is 0 Å². The quantitative estimate of drug-likeness (QED) is 0.0593. The van der Waals surface area contributed by atoms with Gasteiger partial charge in [0, 0.05) is 12.8 Å². The van der Waals surface area contributed by atoms with E-state index in [0.29, 0.717) is 6.42 Å². The van der Waals surface area contributed by atoms with Crippen LogP contribution in [-0.4, -0.2) is 42.3 Å². The molecule has 0 aromatic carbocycles. The second-order valence-corrected chi connectivity index (χ2v) is 11.7. The Morgan fingerprint density at radius 1 is 0.526 bits per heavy atom. The molecule has 0 heterocycles. The van der Waals surface area contributed by atoms with Crippen molar-refractivity contribution in [2.24, 2.45) is 0 Å². The van der Waals surface area contributed by atoms with Crippen molar-refractivity contribution in [3.63, 3.8) is 0 Å². The first-order valence-electron chi connectivity index (χ1n) is 16.3. The van der Waals surface area contributed by atoms with Crippen molar-refractivity contribution in [1.29, 1.82) is 0 Å². The molecule has 0 rings (SSSR count). The number of esters is 2. The molecule has 0 aliphatic heterocycles. The number of ketones is 1. The molecule has 0 aromatic heterocycles. The Morgan fingerprint density at radius 3 is 1.18 bits per heavy atom. The van der Waals surface area contributed by atoms with Crippen LogP contribution >= 0.6 is 0 Å². The first kappa shape index (κ1) is 36.8. The number of hydrogen-bond donors (Lipinski definition) is 0. The summed E-state index contributed by atoms with van der Waals surface area (Å²) in [6.07, 6.45) is 27.2. The maximum Gasteiger partial charge on any atom is 0.341 e. The zero-order valence-corrected chi connectivity index (χ0v) is 26.1. The zero-order chi connectivity index (χ0) is 28.5. The first-order chi connectivity index (χ1) is 18.3. The van der Waals surface area contributed by atoms with Gasteiger partial charge >= 0.3 is 11.9 Å². The zero-order valence-electron chi connectivity index (χ0n) is 26.1. The Kier molecular flexibility index (Phi) is 24.0. The minimum absolute atomic E-state index is 0.161. The van der Waals surface area contributed by atoms with E-state index in [1.165, 1.54) is 103 Å². The third-order valence-corrected chi connectivity index (χ3v) is 8.03. The topological polar surface area (TPSA) is 63.7 Å². The van der Waals surface area contributed by atoms with Crippen molar-refractivity contribution < 1.29 is 19.1 Å². The number of hydrogen-bond acceptors (Lipinski definition) is 5. The van der Waals surface area contributed by atoms with Crippen LogP contribution in [0.15, 0.2) is 0 Å². The predicted molar refractivity (Wildman–Crippen MR) is 160 cm³/mol. The third kappa shape index (κ3) is 18.1. The lowest BCUT2D eigenvalue weighted by atomic mass is 9.91. The highest BCUT2D eigenvalue weighted by Crippen LogP contribution is 2.21. The summed E-state index contributed by atoms with van der Waals surface area (Å²) in [6.45, 7) is 6.08. The molecule has 38 heavy (non-hydrogen) atoms. The summed E-state index contributed by atoms with van der Waals surface area (Å²) in [6, 6.07) is 0. The van der Waals surface area contributed by atoms with E-state index >= 15 is 0 Å². The van der Waals surface area contributed by atoms with Crippen LogP contribution in [0, 0.1) is 0 Å². The van der Waals surface area contributed by atoms with Crippen LogP contribution in [-0.2, 0) is 19.1 Å². The summed E-state index contributed by atoms with van der Waals surface area (Å²) in [4.78, 5) is 39.7. The fraction of sp³-hybridized carbons (Fsp3) is 0.909. The number of Topliss-reactive ketones (excluding diaryl/α,β-unsaturated/α-hetero) is 1. The molecule has 0 aliphatic carbocycles. The van der Waals surface area contributed by atoms with Gasteiger partial charge < -0.3 is 4.74 Å². The van der Waals surface area contributed by atoms with Crippen molar-refractivity contribution >= 4 is 17.7 Å². The molecule has 224 valence electrons. The molecule has 0 amide bonds. The van der Waals surface area contributed by atoms with Gasteiger partial charge in [-0.25, -0.2) is 4.79 Å². The molecule has 0 saturated carbocycles. The Morgan fingerprint density at radius 2 is 0.842 bits per heavy atom. The van der Waals surface area contributed by atoms with E-state index in [2.05, 4.69) is 13.8 Å². The van der Waals surface area contributed by atoms with E-state index < -0.39 is 17.5 Å². The van der Waals surface area contributed by atoms with Gasteiger partial charge in [0.1, 0.15) is 0 Å². The van der Waals surface area contributed by atoms with Gasteiger partial charge in [0.2, 0.25) is 0 Å². The average Bonchev–Trinajstić information content (AvgIpc) is 2.89. The number of rotatable bonds is 27. The van der Waals surface area contributed by atoms with E-state index in [4.69, 9.17) is 4.74 Å². The smallest absolute Gasteiger partial charge is 0.341 e. The molecule has 0 N–H and O–H groups in total. The number of nitrogens with zero attached hydrogens (tertiary/aromatic N) is 1. The van der Waals surface area contributed by atoms with Crippen molar-refractivity contribution in [3.8, 4) is 0 Å². The molecule has 0 unspecified atom stereocenters. The number of likely N-dealkylation sites (N-methyl/N-ethyl adjacent to an activating group) is 1. The Bertz CT molecular complexity index is 604. The van der Waals surface area contributed by atoms with E-state index in [9.17, 15) is 14.4 Å². The Labute approximate surface area is 236 Å². The molecule has 0 saturated heterocycles. The molecule has 0 aliphatic rings. The Hall–Kier alpha value is -1.23. The van der Waals surface area contributed by atoms with Crippen LogP contribution in [0.2, 0.25) is 0 Å². The molecule has 5 heteroatoms. The van der Waals surface area contributed by atoms with Crippen LogP contribution in [0.5, 0.6) is 0 Å². The van der Waals surface area contributed by atoms with Gasteiger partial charge in [0.15, 0.2) is 11.3 Å². The molecule has 5 nitrogen and oxygen atoms in total. The molecule has 0 spiro atoms. The molecule has 0 fully saturated rings. The van der Waals surface area contributed by atoms with Gasteiger partial charge in [-0.2, -0.15) is 0 Å². The van der Waals surface area contributed by atoms with Crippen molar-refractivity contribution in [1.82, 2.24) is 4.90 Å². The maximum atomic E-state index is 13.0. The van der Waals surface area contributed by atoms with Gasteiger partial charge in [0.05, 0.1) is 0 Å². The number of carbonyl (C=O) groups excluding carboxylic acids is 3. The van der Waals surface area contributed by atoms with E-state index in [1.807, 2.05) is 0 Å². The summed E-state index contributed by atoms with van der Waals surface area (Å²) in [5.74, 6) is -1.41.